The van der Waals surface area contributed by atoms with E-state index in [0.29, 0.717) is 17.9 Å². The van der Waals surface area contributed by atoms with Crippen LogP contribution >= 0.6 is 0 Å². The quantitative estimate of drug-likeness (QED) is 0.791. The van der Waals surface area contributed by atoms with Gasteiger partial charge in [0.25, 0.3) is 11.8 Å². The summed E-state index contributed by atoms with van der Waals surface area (Å²) in [6.45, 7) is 9.18. The number of para-hydroxylation sites is 2. The van der Waals surface area contributed by atoms with E-state index in [1.165, 1.54) is 0 Å². The van der Waals surface area contributed by atoms with Crippen LogP contribution in [0, 0.1) is 0 Å². The van der Waals surface area contributed by atoms with Gasteiger partial charge in [-0.05, 0) is 70.4 Å². The summed E-state index contributed by atoms with van der Waals surface area (Å²) in [7, 11) is 0. The molecule has 0 aliphatic carbocycles. The summed E-state index contributed by atoms with van der Waals surface area (Å²) in [5.74, 6) is 0.584. The lowest BCUT2D eigenvalue weighted by atomic mass is 9.79. The Morgan fingerprint density at radius 1 is 1.06 bits per heavy atom. The zero-order valence-electron chi connectivity index (χ0n) is 18.7. The van der Waals surface area contributed by atoms with Gasteiger partial charge < -0.3 is 20.3 Å². The second-order valence-electron chi connectivity index (χ2n) is 9.90. The predicted molar refractivity (Wildman–Crippen MR) is 121 cm³/mol. The van der Waals surface area contributed by atoms with E-state index in [1.54, 1.807) is 4.90 Å². The maximum Gasteiger partial charge on any atom is 0.265 e. The van der Waals surface area contributed by atoms with Crippen molar-refractivity contribution < 1.29 is 14.3 Å². The first-order valence-corrected chi connectivity index (χ1v) is 10.8. The van der Waals surface area contributed by atoms with Crippen molar-refractivity contribution >= 4 is 17.5 Å². The molecule has 2 aromatic rings. The largest absolute Gasteiger partial charge is 0.482 e. The number of carbonyl (C=O) groups excluding carboxylic acids is 2. The molecule has 0 radical (unpaired) electrons. The van der Waals surface area contributed by atoms with Crippen molar-refractivity contribution in [1.29, 1.82) is 0 Å². The van der Waals surface area contributed by atoms with Crippen molar-refractivity contribution in [1.82, 2.24) is 10.6 Å². The monoisotopic (exact) mass is 421 g/mol. The van der Waals surface area contributed by atoms with Gasteiger partial charge in [0.2, 0.25) is 0 Å². The minimum atomic E-state index is -0.0725. The van der Waals surface area contributed by atoms with E-state index in [0.717, 1.165) is 24.1 Å². The number of rotatable bonds is 4. The highest BCUT2D eigenvalue weighted by Crippen LogP contribution is 2.32. The van der Waals surface area contributed by atoms with Crippen LogP contribution in [0.3, 0.4) is 0 Å². The summed E-state index contributed by atoms with van der Waals surface area (Å²) >= 11 is 0. The normalized spacial score (nSPS) is 20.0. The number of hydrogen-bond donors (Lipinski definition) is 2. The van der Waals surface area contributed by atoms with Gasteiger partial charge in [-0.3, -0.25) is 9.59 Å². The van der Waals surface area contributed by atoms with Gasteiger partial charge in [-0.15, -0.1) is 0 Å². The van der Waals surface area contributed by atoms with E-state index >= 15 is 0 Å². The first-order valence-electron chi connectivity index (χ1n) is 10.8. The van der Waals surface area contributed by atoms with Crippen LogP contribution in [0.15, 0.2) is 48.5 Å². The van der Waals surface area contributed by atoms with Crippen LogP contribution in [0.4, 0.5) is 5.69 Å². The van der Waals surface area contributed by atoms with Crippen LogP contribution < -0.4 is 20.3 Å². The molecule has 2 aliphatic rings. The van der Waals surface area contributed by atoms with Gasteiger partial charge in [-0.2, -0.15) is 0 Å². The fraction of sp³-hybridized carbons (Fsp3) is 0.440. The minimum absolute atomic E-state index is 0.0233. The lowest BCUT2D eigenvalue weighted by Crippen LogP contribution is -2.62. The second kappa shape index (κ2) is 8.00. The van der Waals surface area contributed by atoms with Gasteiger partial charge in [0.05, 0.1) is 12.2 Å². The van der Waals surface area contributed by atoms with Crippen LogP contribution in [-0.4, -0.2) is 35.5 Å². The molecular formula is C25H31N3O3. The Hall–Kier alpha value is -2.86. The summed E-state index contributed by atoms with van der Waals surface area (Å²) in [5.41, 5.74) is 2.32. The van der Waals surface area contributed by atoms with Crippen LogP contribution in [0.5, 0.6) is 5.75 Å². The maximum atomic E-state index is 12.8. The van der Waals surface area contributed by atoms with E-state index in [2.05, 4.69) is 38.3 Å². The van der Waals surface area contributed by atoms with Crippen LogP contribution in [0.1, 0.15) is 56.5 Å². The second-order valence-corrected chi connectivity index (χ2v) is 9.90. The maximum absolute atomic E-state index is 12.8. The van der Waals surface area contributed by atoms with Gasteiger partial charge in [0.15, 0.2) is 6.61 Å². The predicted octanol–water partition coefficient (Wildman–Crippen LogP) is 3.65. The molecule has 164 valence electrons. The minimum Gasteiger partial charge on any atom is -0.482 e. The molecule has 2 aromatic carbocycles. The van der Waals surface area contributed by atoms with E-state index in [-0.39, 0.29) is 35.5 Å². The molecule has 31 heavy (non-hydrogen) atoms. The molecule has 2 heterocycles. The van der Waals surface area contributed by atoms with E-state index in [9.17, 15) is 9.59 Å². The highest BCUT2D eigenvalue weighted by atomic mass is 16.5. The summed E-state index contributed by atoms with van der Waals surface area (Å²) in [6, 6.07) is 15.2. The smallest absolute Gasteiger partial charge is 0.265 e. The number of ether oxygens (including phenoxy) is 1. The van der Waals surface area contributed by atoms with Crippen molar-refractivity contribution in [3.63, 3.8) is 0 Å². The third-order valence-electron chi connectivity index (χ3n) is 5.89. The zero-order chi connectivity index (χ0) is 22.2. The number of amides is 2. The molecule has 2 N–H and O–H groups in total. The van der Waals surface area contributed by atoms with Crippen LogP contribution in [0.2, 0.25) is 0 Å². The molecule has 0 saturated carbocycles. The third kappa shape index (κ3) is 4.90. The molecule has 6 nitrogen and oxygen atoms in total. The van der Waals surface area contributed by atoms with Crippen molar-refractivity contribution in [3.05, 3.63) is 59.7 Å². The van der Waals surface area contributed by atoms with Gasteiger partial charge >= 0.3 is 0 Å². The first kappa shape index (κ1) is 21.4. The third-order valence-corrected chi connectivity index (χ3v) is 5.89. The summed E-state index contributed by atoms with van der Waals surface area (Å²) in [4.78, 5) is 27.0. The Kier molecular flexibility index (Phi) is 5.52. The van der Waals surface area contributed by atoms with Gasteiger partial charge in [-0.1, -0.05) is 24.3 Å². The average molecular weight is 422 g/mol. The molecule has 2 amide bonds. The van der Waals surface area contributed by atoms with Crippen molar-refractivity contribution in [3.8, 4) is 5.75 Å². The molecule has 0 unspecified atom stereocenters. The number of carbonyl (C=O) groups is 2. The van der Waals surface area contributed by atoms with Gasteiger partial charge in [0.1, 0.15) is 5.75 Å². The SMILES string of the molecule is CC1(C)CC(NC(=O)c2ccc(CN3C(=O)COc4ccccc43)cc2)CC(C)(C)N1. The number of fused-ring (bicyclic) bond motifs is 1. The van der Waals surface area contributed by atoms with E-state index < -0.39 is 0 Å². The van der Waals surface area contributed by atoms with Crippen LogP contribution in [-0.2, 0) is 11.3 Å². The van der Waals surface area contributed by atoms with Crippen molar-refractivity contribution in [2.75, 3.05) is 11.5 Å². The van der Waals surface area contributed by atoms with Crippen LogP contribution in [0.25, 0.3) is 0 Å². The van der Waals surface area contributed by atoms with E-state index in [1.807, 2.05) is 48.5 Å². The molecule has 4 rings (SSSR count). The fourth-order valence-corrected chi connectivity index (χ4v) is 4.96. The van der Waals surface area contributed by atoms with Crippen molar-refractivity contribution in [2.45, 2.75) is 64.2 Å². The topological polar surface area (TPSA) is 70.7 Å². The average Bonchev–Trinajstić information content (AvgIpc) is 2.68. The number of nitrogens with one attached hydrogen (secondary N) is 2. The highest BCUT2D eigenvalue weighted by molar-refractivity contribution is 5.98. The summed E-state index contributed by atoms with van der Waals surface area (Å²) in [6.07, 6.45) is 1.78. The Morgan fingerprint density at radius 2 is 1.71 bits per heavy atom. The van der Waals surface area contributed by atoms with Crippen molar-refractivity contribution in [2.24, 2.45) is 0 Å². The number of piperidine rings is 1. The zero-order valence-corrected chi connectivity index (χ0v) is 18.7. The summed E-state index contributed by atoms with van der Waals surface area (Å²) < 4.78 is 5.51. The van der Waals surface area contributed by atoms with Gasteiger partial charge in [0, 0.05) is 22.7 Å². The Balaban J connectivity index is 1.43. The Morgan fingerprint density at radius 3 is 2.39 bits per heavy atom. The lowest BCUT2D eigenvalue weighted by Gasteiger charge is -2.46. The molecule has 0 atom stereocenters. The lowest BCUT2D eigenvalue weighted by molar-refractivity contribution is -0.121. The summed E-state index contributed by atoms with van der Waals surface area (Å²) in [5, 5.41) is 6.85. The number of nitrogens with zero attached hydrogens (tertiary/aromatic N) is 1. The highest BCUT2D eigenvalue weighted by Gasteiger charge is 2.38. The number of hydrogen-bond acceptors (Lipinski definition) is 4. The standard InChI is InChI=1S/C25H31N3O3/c1-24(2)13-19(14-25(3,4)27-24)26-23(30)18-11-9-17(10-12-18)15-28-20-7-5-6-8-21(20)31-16-22(28)29/h5-12,19,27H,13-16H2,1-4H3,(H,26,30). The molecule has 1 saturated heterocycles. The molecule has 6 heteroatoms. The number of anilines is 1. The molecule has 0 spiro atoms. The Labute approximate surface area is 184 Å². The fourth-order valence-electron chi connectivity index (χ4n) is 4.96. The van der Waals surface area contributed by atoms with E-state index in [4.69, 9.17) is 4.74 Å². The first-order chi connectivity index (χ1) is 14.6. The molecule has 0 bridgehead atoms. The number of benzene rings is 2. The Bertz CT molecular complexity index is 966. The molecular weight excluding hydrogens is 390 g/mol. The van der Waals surface area contributed by atoms with Gasteiger partial charge in [-0.25, -0.2) is 0 Å². The molecule has 2 aliphatic heterocycles. The molecule has 0 aromatic heterocycles. The molecule has 1 fully saturated rings.